The fourth-order valence-corrected chi connectivity index (χ4v) is 3.47. The third-order valence-corrected chi connectivity index (χ3v) is 5.73. The Labute approximate surface area is 168 Å². The van der Waals surface area contributed by atoms with Crippen LogP contribution in [0.4, 0.5) is 0 Å². The zero-order valence-corrected chi connectivity index (χ0v) is 17.5. The van der Waals surface area contributed by atoms with Crippen molar-refractivity contribution >= 4 is 39.9 Å². The topological polar surface area (TPSA) is 29.4 Å². The summed E-state index contributed by atoms with van der Waals surface area (Å²) in [6.07, 6.45) is 2.50. The SMILES string of the molecule is C=CC[C@@H](C(=NS(=O)C(C)(C)C)c1ccc(Cl)cc1)c1cccc(Cl)c1. The largest absolute Gasteiger partial charge is 0.234 e. The first-order valence-corrected chi connectivity index (χ1v) is 10.2. The van der Waals surface area contributed by atoms with Crippen LogP contribution in [0.2, 0.25) is 10.0 Å². The van der Waals surface area contributed by atoms with E-state index >= 15 is 0 Å². The molecule has 0 aliphatic heterocycles. The Hall–Kier alpha value is -1.42. The fraction of sp³-hybridized carbons (Fsp3) is 0.286. The lowest BCUT2D eigenvalue weighted by Gasteiger charge is -2.21. The zero-order valence-electron chi connectivity index (χ0n) is 15.2. The third-order valence-electron chi connectivity index (χ3n) is 3.83. The minimum absolute atomic E-state index is 0.0984. The molecule has 1 unspecified atom stereocenters. The molecule has 0 saturated heterocycles. The van der Waals surface area contributed by atoms with Crippen molar-refractivity contribution in [1.29, 1.82) is 0 Å². The second-order valence-corrected chi connectivity index (χ2v) is 9.76. The molecule has 2 rings (SSSR count). The molecule has 0 N–H and O–H groups in total. The minimum Gasteiger partial charge on any atom is -0.234 e. The Bertz CT molecular complexity index is 823. The van der Waals surface area contributed by atoms with Crippen LogP contribution in [0, 0.1) is 0 Å². The molecule has 0 fully saturated rings. The van der Waals surface area contributed by atoms with Crippen LogP contribution in [0.1, 0.15) is 44.2 Å². The molecule has 0 aliphatic rings. The van der Waals surface area contributed by atoms with E-state index in [4.69, 9.17) is 23.2 Å². The molecule has 138 valence electrons. The van der Waals surface area contributed by atoms with Crippen molar-refractivity contribution in [2.75, 3.05) is 0 Å². The molecule has 2 nitrogen and oxygen atoms in total. The van der Waals surface area contributed by atoms with Crippen LogP contribution in [0.5, 0.6) is 0 Å². The van der Waals surface area contributed by atoms with Gasteiger partial charge in [0.1, 0.15) is 11.0 Å². The highest BCUT2D eigenvalue weighted by molar-refractivity contribution is 7.85. The zero-order chi connectivity index (χ0) is 19.3. The first kappa shape index (κ1) is 20.9. The van der Waals surface area contributed by atoms with Gasteiger partial charge in [0.25, 0.3) is 0 Å². The monoisotopic (exact) mass is 407 g/mol. The van der Waals surface area contributed by atoms with Gasteiger partial charge in [-0.3, -0.25) is 0 Å². The van der Waals surface area contributed by atoms with Crippen molar-refractivity contribution in [3.05, 3.63) is 82.4 Å². The van der Waals surface area contributed by atoms with Gasteiger partial charge in [0.15, 0.2) is 0 Å². The summed E-state index contributed by atoms with van der Waals surface area (Å²) in [6, 6.07) is 15.1. The summed E-state index contributed by atoms with van der Waals surface area (Å²) in [7, 11) is -1.39. The Morgan fingerprint density at radius 3 is 2.35 bits per heavy atom. The molecule has 0 spiro atoms. The van der Waals surface area contributed by atoms with Gasteiger partial charge in [-0.15, -0.1) is 6.58 Å². The summed E-state index contributed by atoms with van der Waals surface area (Å²) in [5, 5.41) is 1.30. The van der Waals surface area contributed by atoms with Gasteiger partial charge in [-0.1, -0.05) is 53.5 Å². The third kappa shape index (κ3) is 5.54. The van der Waals surface area contributed by atoms with E-state index in [1.807, 2.05) is 75.4 Å². The molecule has 0 amide bonds. The second kappa shape index (κ2) is 8.98. The van der Waals surface area contributed by atoms with Gasteiger partial charge in [0.2, 0.25) is 0 Å². The van der Waals surface area contributed by atoms with Gasteiger partial charge in [-0.2, -0.15) is 4.40 Å². The highest BCUT2D eigenvalue weighted by Gasteiger charge is 2.25. The van der Waals surface area contributed by atoms with E-state index in [1.54, 1.807) is 0 Å². The molecular weight excluding hydrogens is 385 g/mol. The van der Waals surface area contributed by atoms with Crippen molar-refractivity contribution in [3.63, 3.8) is 0 Å². The van der Waals surface area contributed by atoms with E-state index < -0.39 is 15.7 Å². The van der Waals surface area contributed by atoms with E-state index in [1.165, 1.54) is 0 Å². The number of halogens is 2. The highest BCUT2D eigenvalue weighted by atomic mass is 35.5. The van der Waals surface area contributed by atoms with Crippen LogP contribution < -0.4 is 0 Å². The van der Waals surface area contributed by atoms with Crippen LogP contribution in [-0.4, -0.2) is 14.7 Å². The van der Waals surface area contributed by atoms with Gasteiger partial charge < -0.3 is 0 Å². The lowest BCUT2D eigenvalue weighted by Crippen LogP contribution is -2.23. The summed E-state index contributed by atoms with van der Waals surface area (Å²) >= 11 is 12.2. The maximum Gasteiger partial charge on any atom is 0.145 e. The van der Waals surface area contributed by atoms with Gasteiger partial charge in [0, 0.05) is 16.0 Å². The number of nitrogens with zero attached hydrogens (tertiary/aromatic N) is 1. The average molecular weight is 408 g/mol. The van der Waals surface area contributed by atoms with Crippen LogP contribution in [-0.2, 0) is 11.0 Å². The number of hydrogen-bond acceptors (Lipinski definition) is 1. The average Bonchev–Trinajstić information content (AvgIpc) is 2.58. The predicted molar refractivity (Wildman–Crippen MR) is 115 cm³/mol. The highest BCUT2D eigenvalue weighted by Crippen LogP contribution is 2.29. The van der Waals surface area contributed by atoms with Gasteiger partial charge in [-0.25, -0.2) is 4.21 Å². The Morgan fingerprint density at radius 2 is 1.81 bits per heavy atom. The Balaban J connectivity index is 2.62. The number of hydrogen-bond donors (Lipinski definition) is 0. The molecule has 0 saturated carbocycles. The molecule has 0 bridgehead atoms. The van der Waals surface area contributed by atoms with Crippen LogP contribution >= 0.6 is 23.2 Å². The summed E-state index contributed by atoms with van der Waals surface area (Å²) in [4.78, 5) is 0. The molecular formula is C21H23Cl2NOS. The van der Waals surface area contributed by atoms with E-state index in [0.29, 0.717) is 16.5 Å². The molecule has 0 radical (unpaired) electrons. The maximum atomic E-state index is 12.8. The van der Waals surface area contributed by atoms with Gasteiger partial charge in [-0.05, 0) is 62.6 Å². The summed E-state index contributed by atoms with van der Waals surface area (Å²) in [6.45, 7) is 9.61. The second-order valence-electron chi connectivity index (χ2n) is 6.98. The van der Waals surface area contributed by atoms with Crippen LogP contribution in [0.3, 0.4) is 0 Å². The van der Waals surface area contributed by atoms with Crippen LogP contribution in [0.25, 0.3) is 0 Å². The lowest BCUT2D eigenvalue weighted by molar-refractivity contribution is 0.650. The van der Waals surface area contributed by atoms with E-state index in [-0.39, 0.29) is 5.92 Å². The van der Waals surface area contributed by atoms with Crippen LogP contribution in [0.15, 0.2) is 65.6 Å². The first-order valence-electron chi connectivity index (χ1n) is 8.35. The number of benzene rings is 2. The predicted octanol–water partition coefficient (Wildman–Crippen LogP) is 6.60. The van der Waals surface area contributed by atoms with Crippen molar-refractivity contribution in [3.8, 4) is 0 Å². The number of allylic oxidation sites excluding steroid dienone is 1. The van der Waals surface area contributed by atoms with E-state index in [0.717, 1.165) is 16.8 Å². The molecule has 0 heterocycles. The quantitative estimate of drug-likeness (QED) is 0.391. The summed E-state index contributed by atoms with van der Waals surface area (Å²) in [5.41, 5.74) is 2.65. The van der Waals surface area contributed by atoms with E-state index in [2.05, 4.69) is 11.0 Å². The van der Waals surface area contributed by atoms with Gasteiger partial charge >= 0.3 is 0 Å². The molecule has 0 aromatic heterocycles. The summed E-state index contributed by atoms with van der Waals surface area (Å²) in [5.74, 6) is -0.0984. The minimum atomic E-state index is -1.39. The summed E-state index contributed by atoms with van der Waals surface area (Å²) < 4.78 is 16.9. The lowest BCUT2D eigenvalue weighted by atomic mass is 9.87. The normalized spacial score (nSPS) is 14.7. The number of rotatable bonds is 6. The van der Waals surface area contributed by atoms with Gasteiger partial charge in [0.05, 0.1) is 10.5 Å². The standard InChI is InChI=1S/C21H23Cl2NOS/c1-5-7-19(16-8-6-9-18(23)14-16)20(24-26(25)21(2,3)4)15-10-12-17(22)13-11-15/h5-6,8-14,19H,1,7H2,2-4H3/t19-,26?/m1/s1. The van der Waals surface area contributed by atoms with Crippen molar-refractivity contribution in [1.82, 2.24) is 0 Å². The smallest absolute Gasteiger partial charge is 0.145 e. The molecule has 2 atom stereocenters. The fourth-order valence-electron chi connectivity index (χ4n) is 2.46. The van der Waals surface area contributed by atoms with Crippen molar-refractivity contribution in [2.45, 2.75) is 37.9 Å². The molecule has 26 heavy (non-hydrogen) atoms. The molecule has 2 aromatic carbocycles. The van der Waals surface area contributed by atoms with E-state index in [9.17, 15) is 4.21 Å². The maximum absolute atomic E-state index is 12.8. The molecule has 5 heteroatoms. The first-order chi connectivity index (χ1) is 12.2. The molecule has 0 aliphatic carbocycles. The molecule has 2 aromatic rings. The van der Waals surface area contributed by atoms with Crippen molar-refractivity contribution < 1.29 is 4.21 Å². The Kier molecular flexibility index (Phi) is 7.22. The Morgan fingerprint density at radius 1 is 1.15 bits per heavy atom. The van der Waals surface area contributed by atoms with Crippen molar-refractivity contribution in [2.24, 2.45) is 4.40 Å².